The molecule has 0 radical (unpaired) electrons. The number of rotatable bonds is 7. The number of oxime groups is 1. The molecule has 2 rings (SSSR count). The molecule has 0 bridgehead atoms. The van der Waals surface area contributed by atoms with E-state index >= 15 is 0 Å². The van der Waals surface area contributed by atoms with Crippen LogP contribution < -0.4 is 5.32 Å². The molecule has 1 amide bonds. The quantitative estimate of drug-likeness (QED) is 0.329. The Bertz CT molecular complexity index is 647. The van der Waals surface area contributed by atoms with Crippen molar-refractivity contribution >= 4 is 35.9 Å². The molecule has 1 aromatic rings. The molecule has 7 nitrogen and oxygen atoms in total. The Morgan fingerprint density at radius 3 is 3.00 bits per heavy atom. The lowest BCUT2D eigenvalue weighted by Crippen LogP contribution is -2.50. The third-order valence-electron chi connectivity index (χ3n) is 3.46. The topological polar surface area (TPSA) is 97.2 Å². The highest BCUT2D eigenvalue weighted by Crippen LogP contribution is 2.14. The lowest BCUT2D eigenvalue weighted by molar-refractivity contribution is -0.118. The second kappa shape index (κ2) is 9.50. The largest absolute Gasteiger partial charge is 0.478 e. The van der Waals surface area contributed by atoms with Gasteiger partial charge < -0.3 is 19.8 Å². The molecule has 2 heterocycles. The Hall–Kier alpha value is -1.97. The van der Waals surface area contributed by atoms with Crippen molar-refractivity contribution in [2.45, 2.75) is 38.7 Å². The molecule has 0 saturated carbocycles. The molecule has 2 N–H and O–H groups in total. The molecule has 0 aromatic carbocycles. The minimum atomic E-state index is -1.22. The minimum Gasteiger partial charge on any atom is -0.426 e. The van der Waals surface area contributed by atoms with E-state index in [2.05, 4.69) is 10.5 Å². The average Bonchev–Trinajstić information content (AvgIpc) is 3.02. The van der Waals surface area contributed by atoms with Gasteiger partial charge in [0.1, 0.15) is 12.4 Å². The van der Waals surface area contributed by atoms with E-state index in [-0.39, 0.29) is 17.9 Å². The molecule has 0 saturated heterocycles. The first-order chi connectivity index (χ1) is 12.0. The first-order valence-electron chi connectivity index (χ1n) is 8.05. The molecule has 1 aliphatic heterocycles. The van der Waals surface area contributed by atoms with Crippen molar-refractivity contribution in [1.82, 2.24) is 5.32 Å². The van der Waals surface area contributed by atoms with E-state index in [4.69, 9.17) is 9.49 Å². The van der Waals surface area contributed by atoms with Crippen LogP contribution in [0.4, 0.5) is 0 Å². The zero-order valence-electron chi connectivity index (χ0n) is 14.2. The maximum Gasteiger partial charge on any atom is 0.478 e. The van der Waals surface area contributed by atoms with Gasteiger partial charge >= 0.3 is 7.12 Å². The number of ketones is 1. The summed E-state index contributed by atoms with van der Waals surface area (Å²) in [5, 5.41) is 18.7. The fraction of sp³-hybridized carbons (Fsp3) is 0.438. The number of Topliss-reactive ketones (excluding diaryl/α,β-unsaturated/α-hetero) is 1. The first-order valence-corrected chi connectivity index (χ1v) is 8.93. The Morgan fingerprint density at radius 1 is 1.56 bits per heavy atom. The zero-order chi connectivity index (χ0) is 18.2. The van der Waals surface area contributed by atoms with E-state index in [1.807, 2.05) is 11.4 Å². The summed E-state index contributed by atoms with van der Waals surface area (Å²) in [5.74, 6) is -1.14. The Balaban J connectivity index is 2.05. The van der Waals surface area contributed by atoms with Crippen LogP contribution in [-0.2, 0) is 19.1 Å². The van der Waals surface area contributed by atoms with E-state index in [1.165, 1.54) is 18.3 Å². The summed E-state index contributed by atoms with van der Waals surface area (Å²) in [6, 6.07) is 3.58. The van der Waals surface area contributed by atoms with Gasteiger partial charge in [0.25, 0.3) is 5.91 Å². The molecule has 2 atom stereocenters. The molecule has 25 heavy (non-hydrogen) atoms. The molecule has 1 aliphatic rings. The van der Waals surface area contributed by atoms with Crippen molar-refractivity contribution in [2.24, 2.45) is 5.16 Å². The second-order valence-electron chi connectivity index (χ2n) is 5.55. The predicted octanol–water partition coefficient (Wildman–Crippen LogP) is 1.32. The van der Waals surface area contributed by atoms with Gasteiger partial charge in [-0.3, -0.25) is 9.59 Å². The van der Waals surface area contributed by atoms with E-state index < -0.39 is 25.1 Å². The number of nitrogens with one attached hydrogen (secondary N) is 1. The van der Waals surface area contributed by atoms with Crippen LogP contribution in [0.1, 0.15) is 31.6 Å². The van der Waals surface area contributed by atoms with Gasteiger partial charge in [0.2, 0.25) is 0 Å². The van der Waals surface area contributed by atoms with Crippen LogP contribution in [0, 0.1) is 0 Å². The molecule has 0 aliphatic carbocycles. The number of carbonyl (C=O) groups is 2. The molecule has 134 valence electrons. The summed E-state index contributed by atoms with van der Waals surface area (Å²) < 4.78 is 5.45. The summed E-state index contributed by atoms with van der Waals surface area (Å²) in [6.45, 7) is 3.58. The van der Waals surface area contributed by atoms with Gasteiger partial charge in [-0.1, -0.05) is 23.4 Å². The lowest BCUT2D eigenvalue weighted by Gasteiger charge is -2.20. The Kier molecular flexibility index (Phi) is 7.36. The third kappa shape index (κ3) is 5.80. The van der Waals surface area contributed by atoms with Crippen molar-refractivity contribution in [3.8, 4) is 0 Å². The summed E-state index contributed by atoms with van der Waals surface area (Å²) in [6.07, 6.45) is 3.59. The van der Waals surface area contributed by atoms with E-state index in [9.17, 15) is 14.6 Å². The van der Waals surface area contributed by atoms with Gasteiger partial charge in [-0.05, 0) is 31.7 Å². The number of amides is 1. The summed E-state index contributed by atoms with van der Waals surface area (Å²) in [5.41, 5.74) is 0.151. The van der Waals surface area contributed by atoms with E-state index in [0.29, 0.717) is 17.9 Å². The number of thiophene rings is 1. The van der Waals surface area contributed by atoms with Gasteiger partial charge in [0.05, 0.1) is 16.9 Å². The van der Waals surface area contributed by atoms with Crippen LogP contribution in [-0.4, -0.2) is 48.2 Å². The summed E-state index contributed by atoms with van der Waals surface area (Å²) in [7, 11) is -1.22. The van der Waals surface area contributed by atoms with E-state index in [1.54, 1.807) is 25.1 Å². The zero-order valence-corrected chi connectivity index (χ0v) is 15.0. The van der Waals surface area contributed by atoms with Crippen LogP contribution in [0.15, 0.2) is 34.8 Å². The van der Waals surface area contributed by atoms with Crippen LogP contribution in [0.3, 0.4) is 0 Å². The molecule has 0 unspecified atom stereocenters. The van der Waals surface area contributed by atoms with Crippen molar-refractivity contribution in [3.63, 3.8) is 0 Å². The monoisotopic (exact) mass is 364 g/mol. The molecular weight excluding hydrogens is 343 g/mol. The summed E-state index contributed by atoms with van der Waals surface area (Å²) in [4.78, 5) is 29.5. The van der Waals surface area contributed by atoms with Gasteiger partial charge in [-0.15, -0.1) is 11.3 Å². The van der Waals surface area contributed by atoms with Gasteiger partial charge in [-0.2, -0.15) is 0 Å². The second-order valence-corrected chi connectivity index (χ2v) is 6.50. The van der Waals surface area contributed by atoms with Crippen molar-refractivity contribution in [2.75, 3.05) is 6.61 Å². The Labute approximate surface area is 150 Å². The minimum absolute atomic E-state index is 0.0341. The normalized spacial score (nSPS) is 20.9. The Morgan fingerprint density at radius 2 is 2.36 bits per heavy atom. The number of nitrogens with zero attached hydrogens (tertiary/aromatic N) is 1. The number of hydrogen-bond donors (Lipinski definition) is 2. The highest BCUT2D eigenvalue weighted by Gasteiger charge is 2.33. The smallest absolute Gasteiger partial charge is 0.426 e. The predicted molar refractivity (Wildman–Crippen MR) is 96.3 cm³/mol. The third-order valence-corrected chi connectivity index (χ3v) is 4.34. The number of carbonyl (C=O) groups excluding carboxylic acids is 2. The van der Waals surface area contributed by atoms with Crippen molar-refractivity contribution < 1.29 is 24.1 Å². The fourth-order valence-electron chi connectivity index (χ4n) is 2.32. The standard InChI is InChI=1S/C16H21BN2O5S/c1-3-23-19-15(13-7-5-9-25-13)16(21)18-14-8-4-6-12(10-11(2)20)24-17(14)22/h4-7,9,12,14,22H,3,8,10H2,1-2H3,(H,18,21)/b19-15-/t12-,14+/m1/s1. The van der Waals surface area contributed by atoms with Crippen LogP contribution in [0.5, 0.6) is 0 Å². The SMILES string of the molecule is CCO/N=C(\C(=O)N[C@H]1CC=C[C@H](CC(C)=O)OB1O)c1cccs1. The highest BCUT2D eigenvalue weighted by molar-refractivity contribution is 7.13. The fourth-order valence-corrected chi connectivity index (χ4v) is 3.02. The maximum absolute atomic E-state index is 12.6. The molecular formula is C16H21BN2O5S. The highest BCUT2D eigenvalue weighted by atomic mass is 32.1. The van der Waals surface area contributed by atoms with Crippen LogP contribution in [0.2, 0.25) is 0 Å². The summed E-state index contributed by atoms with van der Waals surface area (Å²) >= 11 is 1.37. The van der Waals surface area contributed by atoms with E-state index in [0.717, 1.165) is 0 Å². The van der Waals surface area contributed by atoms with Gasteiger partial charge in [-0.25, -0.2) is 0 Å². The number of hydrogen-bond acceptors (Lipinski definition) is 7. The molecule has 1 aromatic heterocycles. The van der Waals surface area contributed by atoms with Gasteiger partial charge in [0.15, 0.2) is 5.71 Å². The van der Waals surface area contributed by atoms with Gasteiger partial charge in [0, 0.05) is 6.42 Å². The van der Waals surface area contributed by atoms with Crippen LogP contribution in [0.25, 0.3) is 0 Å². The van der Waals surface area contributed by atoms with Crippen LogP contribution >= 0.6 is 11.3 Å². The average molecular weight is 364 g/mol. The molecule has 0 fully saturated rings. The first kappa shape index (κ1) is 19.4. The molecule has 0 spiro atoms. The lowest BCUT2D eigenvalue weighted by atomic mass is 9.77. The van der Waals surface area contributed by atoms with Crippen molar-refractivity contribution in [1.29, 1.82) is 0 Å². The van der Waals surface area contributed by atoms with Crippen molar-refractivity contribution in [3.05, 3.63) is 34.5 Å². The molecule has 9 heteroatoms. The maximum atomic E-state index is 12.6.